The fourth-order valence-corrected chi connectivity index (χ4v) is 3.80. The quantitative estimate of drug-likeness (QED) is 0.614. The van der Waals surface area contributed by atoms with Gasteiger partial charge < -0.3 is 5.32 Å². The lowest BCUT2D eigenvalue weighted by Crippen LogP contribution is -2.32. The third-order valence-corrected chi connectivity index (χ3v) is 4.57. The summed E-state index contributed by atoms with van der Waals surface area (Å²) in [5.74, 6) is 2.03. The summed E-state index contributed by atoms with van der Waals surface area (Å²) in [6, 6.07) is 0.537. The van der Waals surface area contributed by atoms with E-state index < -0.39 is 9.84 Å². The molecule has 0 aliphatic carbocycles. The van der Waals surface area contributed by atoms with Gasteiger partial charge >= 0.3 is 0 Å². The van der Waals surface area contributed by atoms with Gasteiger partial charge in [-0.15, -0.1) is 0 Å². The van der Waals surface area contributed by atoms with Crippen LogP contribution in [0.4, 0.5) is 0 Å². The average molecular weight is 267 g/mol. The molecule has 0 heterocycles. The molecule has 1 unspecified atom stereocenters. The highest BCUT2D eigenvalue weighted by atomic mass is 32.2. The first-order valence-electron chi connectivity index (χ1n) is 5.98. The second-order valence-corrected chi connectivity index (χ2v) is 7.55. The Kier molecular flexibility index (Phi) is 9.46. The molecule has 0 aromatic heterocycles. The number of sulfone groups is 1. The Morgan fingerprint density at radius 2 is 1.94 bits per heavy atom. The Labute approximate surface area is 105 Å². The molecule has 16 heavy (non-hydrogen) atoms. The van der Waals surface area contributed by atoms with Gasteiger partial charge in [0.15, 0.2) is 0 Å². The SMILES string of the molecule is CCCNC(CCC)CSCCS(C)(=O)=O. The summed E-state index contributed by atoms with van der Waals surface area (Å²) in [6.45, 7) is 5.39. The highest BCUT2D eigenvalue weighted by Crippen LogP contribution is 2.08. The van der Waals surface area contributed by atoms with Crippen molar-refractivity contribution in [2.45, 2.75) is 39.2 Å². The predicted octanol–water partition coefficient (Wildman–Crippen LogP) is 1.93. The maximum absolute atomic E-state index is 10.9. The van der Waals surface area contributed by atoms with Gasteiger partial charge in [-0.2, -0.15) is 11.8 Å². The van der Waals surface area contributed by atoms with Crippen LogP contribution in [0.1, 0.15) is 33.1 Å². The largest absolute Gasteiger partial charge is 0.313 e. The second kappa shape index (κ2) is 9.31. The lowest BCUT2D eigenvalue weighted by Gasteiger charge is -2.17. The molecule has 0 fully saturated rings. The fourth-order valence-electron chi connectivity index (χ4n) is 1.38. The molecule has 0 aromatic carbocycles. The highest BCUT2D eigenvalue weighted by Gasteiger charge is 2.07. The average Bonchev–Trinajstić information content (AvgIpc) is 2.19. The molecular formula is C11H25NO2S2. The van der Waals surface area contributed by atoms with Crippen LogP contribution in [0.5, 0.6) is 0 Å². The Morgan fingerprint density at radius 1 is 1.25 bits per heavy atom. The first-order chi connectivity index (χ1) is 7.49. The molecule has 5 heteroatoms. The minimum absolute atomic E-state index is 0.296. The highest BCUT2D eigenvalue weighted by molar-refractivity contribution is 8.00. The van der Waals surface area contributed by atoms with Crippen molar-refractivity contribution in [1.82, 2.24) is 5.32 Å². The molecule has 0 bridgehead atoms. The Morgan fingerprint density at radius 3 is 2.44 bits per heavy atom. The first kappa shape index (κ1) is 16.3. The number of rotatable bonds is 10. The van der Waals surface area contributed by atoms with E-state index in [0.29, 0.717) is 17.5 Å². The van der Waals surface area contributed by atoms with Gasteiger partial charge in [0.05, 0.1) is 5.75 Å². The van der Waals surface area contributed by atoms with Crippen LogP contribution < -0.4 is 5.32 Å². The van der Waals surface area contributed by atoms with Crippen LogP contribution in [-0.4, -0.2) is 44.5 Å². The molecule has 0 saturated carbocycles. The van der Waals surface area contributed by atoms with E-state index in [0.717, 1.165) is 18.7 Å². The standard InChI is InChI=1S/C11H25NO2S2/c1-4-6-11(12-7-5-2)10-15-8-9-16(3,13)14/h11-12H,4-10H2,1-3H3. The minimum atomic E-state index is -2.79. The van der Waals surface area contributed by atoms with Gasteiger partial charge in [-0.25, -0.2) is 8.42 Å². The van der Waals surface area contributed by atoms with Crippen molar-refractivity contribution in [2.75, 3.05) is 30.1 Å². The smallest absolute Gasteiger partial charge is 0.148 e. The van der Waals surface area contributed by atoms with Gasteiger partial charge in [0.2, 0.25) is 0 Å². The van der Waals surface area contributed by atoms with Crippen molar-refractivity contribution in [1.29, 1.82) is 0 Å². The molecule has 0 saturated heterocycles. The van der Waals surface area contributed by atoms with Gasteiger partial charge in [-0.05, 0) is 19.4 Å². The van der Waals surface area contributed by atoms with E-state index in [9.17, 15) is 8.42 Å². The van der Waals surface area contributed by atoms with Crippen LogP contribution in [-0.2, 0) is 9.84 Å². The van der Waals surface area contributed by atoms with E-state index in [-0.39, 0.29) is 0 Å². The molecule has 0 rings (SSSR count). The lowest BCUT2D eigenvalue weighted by molar-refractivity contribution is 0.514. The van der Waals surface area contributed by atoms with Gasteiger partial charge in [0.1, 0.15) is 9.84 Å². The maximum Gasteiger partial charge on any atom is 0.148 e. The minimum Gasteiger partial charge on any atom is -0.313 e. The van der Waals surface area contributed by atoms with Gasteiger partial charge in [0, 0.05) is 23.8 Å². The van der Waals surface area contributed by atoms with Gasteiger partial charge in [-0.1, -0.05) is 20.3 Å². The topological polar surface area (TPSA) is 46.2 Å². The van der Waals surface area contributed by atoms with Crippen molar-refractivity contribution in [3.63, 3.8) is 0 Å². The maximum atomic E-state index is 10.9. The molecule has 0 amide bonds. The molecule has 0 aliphatic rings. The first-order valence-corrected chi connectivity index (χ1v) is 9.20. The monoisotopic (exact) mass is 267 g/mol. The zero-order valence-corrected chi connectivity index (χ0v) is 12.3. The summed E-state index contributed by atoms with van der Waals surface area (Å²) in [5, 5.41) is 3.50. The predicted molar refractivity (Wildman–Crippen MR) is 74.0 cm³/mol. The van der Waals surface area contributed by atoms with E-state index in [2.05, 4.69) is 19.2 Å². The number of thioether (sulfide) groups is 1. The summed E-state index contributed by atoms with van der Waals surface area (Å²) < 4.78 is 21.9. The van der Waals surface area contributed by atoms with Crippen LogP contribution in [0, 0.1) is 0 Å². The molecule has 1 N–H and O–H groups in total. The summed E-state index contributed by atoms with van der Waals surface area (Å²) in [7, 11) is -2.79. The normalized spacial score (nSPS) is 13.9. The van der Waals surface area contributed by atoms with E-state index in [1.54, 1.807) is 11.8 Å². The fraction of sp³-hybridized carbons (Fsp3) is 1.00. The van der Waals surface area contributed by atoms with E-state index in [4.69, 9.17) is 0 Å². The van der Waals surface area contributed by atoms with E-state index >= 15 is 0 Å². The molecule has 3 nitrogen and oxygen atoms in total. The number of nitrogens with one attached hydrogen (secondary N) is 1. The Hall–Kier alpha value is 0.260. The molecule has 0 spiro atoms. The summed E-state index contributed by atoms with van der Waals surface area (Å²) in [5.41, 5.74) is 0. The second-order valence-electron chi connectivity index (χ2n) is 4.14. The summed E-state index contributed by atoms with van der Waals surface area (Å²) in [4.78, 5) is 0. The van der Waals surface area contributed by atoms with Crippen molar-refractivity contribution in [3.05, 3.63) is 0 Å². The summed E-state index contributed by atoms with van der Waals surface area (Å²) >= 11 is 1.74. The third kappa shape index (κ3) is 10.8. The van der Waals surface area contributed by atoms with Crippen molar-refractivity contribution < 1.29 is 8.42 Å². The molecule has 1 atom stereocenters. The van der Waals surface area contributed by atoms with E-state index in [1.165, 1.54) is 19.1 Å². The zero-order chi connectivity index (χ0) is 12.4. The lowest BCUT2D eigenvalue weighted by atomic mass is 10.2. The van der Waals surface area contributed by atoms with Crippen molar-refractivity contribution in [3.8, 4) is 0 Å². The molecule has 0 radical (unpaired) electrons. The number of hydrogen-bond donors (Lipinski definition) is 1. The van der Waals surface area contributed by atoms with Crippen LogP contribution in [0.25, 0.3) is 0 Å². The Bertz CT molecular complexity index is 253. The molecule has 98 valence electrons. The van der Waals surface area contributed by atoms with E-state index in [1.807, 2.05) is 0 Å². The molecule has 0 aromatic rings. The van der Waals surface area contributed by atoms with Gasteiger partial charge in [0.25, 0.3) is 0 Å². The number of hydrogen-bond acceptors (Lipinski definition) is 4. The third-order valence-electron chi connectivity index (χ3n) is 2.24. The Balaban J connectivity index is 3.66. The van der Waals surface area contributed by atoms with Crippen LogP contribution in [0.15, 0.2) is 0 Å². The summed E-state index contributed by atoms with van der Waals surface area (Å²) in [6.07, 6.45) is 4.79. The van der Waals surface area contributed by atoms with Crippen LogP contribution in [0.3, 0.4) is 0 Å². The molecule has 0 aliphatic heterocycles. The van der Waals surface area contributed by atoms with Crippen molar-refractivity contribution >= 4 is 21.6 Å². The van der Waals surface area contributed by atoms with Crippen LogP contribution in [0.2, 0.25) is 0 Å². The van der Waals surface area contributed by atoms with Gasteiger partial charge in [-0.3, -0.25) is 0 Å². The van der Waals surface area contributed by atoms with Crippen LogP contribution >= 0.6 is 11.8 Å². The molecular weight excluding hydrogens is 242 g/mol. The zero-order valence-electron chi connectivity index (χ0n) is 10.7. The van der Waals surface area contributed by atoms with Crippen molar-refractivity contribution in [2.24, 2.45) is 0 Å².